The highest BCUT2D eigenvalue weighted by Crippen LogP contribution is 2.20. The molecule has 2 aromatic carbocycles. The third-order valence-corrected chi connectivity index (χ3v) is 6.19. The number of phenols is 1. The maximum absolute atomic E-state index is 12.1. The zero-order valence-electron chi connectivity index (χ0n) is 17.6. The Balaban J connectivity index is 1.74. The van der Waals surface area contributed by atoms with E-state index in [2.05, 4.69) is 9.97 Å². The van der Waals surface area contributed by atoms with Crippen molar-refractivity contribution in [3.05, 3.63) is 77.7 Å². The molecule has 0 radical (unpaired) electrons. The minimum Gasteiger partial charge on any atom is -0.508 e. The fraction of sp³-hybridized carbons (Fsp3) is 0.304. The monoisotopic (exact) mass is 440 g/mol. The van der Waals surface area contributed by atoms with Gasteiger partial charge in [-0.2, -0.15) is 4.31 Å². The number of hydrogen-bond acceptors (Lipinski definition) is 6. The van der Waals surface area contributed by atoms with Gasteiger partial charge in [0, 0.05) is 31.3 Å². The quantitative estimate of drug-likeness (QED) is 0.502. The molecule has 0 fully saturated rings. The highest BCUT2D eigenvalue weighted by molar-refractivity contribution is 7.88. The lowest BCUT2D eigenvalue weighted by Gasteiger charge is -2.20. The highest BCUT2D eigenvalue weighted by Gasteiger charge is 2.16. The van der Waals surface area contributed by atoms with Gasteiger partial charge in [-0.15, -0.1) is 0 Å². The fourth-order valence-corrected chi connectivity index (χ4v) is 4.11. The summed E-state index contributed by atoms with van der Waals surface area (Å²) < 4.78 is 25.6. The molecule has 7 nitrogen and oxygen atoms in total. The number of phenolic OH excluding ortho intramolecular Hbond substituents is 1. The highest BCUT2D eigenvalue weighted by atomic mass is 32.2. The molecule has 1 heterocycles. The molecule has 8 heteroatoms. The Morgan fingerprint density at radius 2 is 1.81 bits per heavy atom. The van der Waals surface area contributed by atoms with Gasteiger partial charge in [0.05, 0.1) is 11.9 Å². The Morgan fingerprint density at radius 1 is 1.03 bits per heavy atom. The first kappa shape index (κ1) is 22.9. The molecule has 3 rings (SSSR count). The number of aryl methyl sites for hydroxylation is 2. The average molecular weight is 441 g/mol. The molecule has 0 unspecified atom stereocenters. The first-order chi connectivity index (χ1) is 14.8. The average Bonchev–Trinajstić information content (AvgIpc) is 2.76. The molecular formula is C23H28N4O3S. The summed E-state index contributed by atoms with van der Waals surface area (Å²) in [6.07, 6.45) is 5.03. The molecule has 0 saturated heterocycles. The summed E-state index contributed by atoms with van der Waals surface area (Å²) in [7, 11) is -3.32. The van der Waals surface area contributed by atoms with Crippen molar-refractivity contribution >= 4 is 10.0 Å². The summed E-state index contributed by atoms with van der Waals surface area (Å²) in [4.78, 5) is 9.06. The van der Waals surface area contributed by atoms with E-state index in [-0.39, 0.29) is 5.75 Å². The predicted octanol–water partition coefficient (Wildman–Crippen LogP) is 2.74. The van der Waals surface area contributed by atoms with E-state index in [1.165, 1.54) is 10.6 Å². The largest absolute Gasteiger partial charge is 0.508 e. The van der Waals surface area contributed by atoms with E-state index in [4.69, 9.17) is 5.73 Å². The molecule has 164 valence electrons. The molecule has 1 aromatic heterocycles. The third kappa shape index (κ3) is 6.85. The van der Waals surface area contributed by atoms with Crippen LogP contribution in [0, 0.1) is 0 Å². The second-order valence-electron chi connectivity index (χ2n) is 7.46. The molecule has 0 saturated carbocycles. The van der Waals surface area contributed by atoms with E-state index in [9.17, 15) is 13.5 Å². The molecule has 3 N–H and O–H groups in total. The normalized spacial score (nSPS) is 11.7. The van der Waals surface area contributed by atoms with E-state index < -0.39 is 10.0 Å². The van der Waals surface area contributed by atoms with Gasteiger partial charge in [-0.05, 0) is 54.8 Å². The lowest BCUT2D eigenvalue weighted by molar-refractivity contribution is 0.405. The zero-order chi connectivity index (χ0) is 22.3. The van der Waals surface area contributed by atoms with Crippen LogP contribution < -0.4 is 5.73 Å². The zero-order valence-corrected chi connectivity index (χ0v) is 18.4. The minimum absolute atomic E-state index is 0.249. The lowest BCUT2D eigenvalue weighted by Crippen LogP contribution is -2.31. The number of rotatable bonds is 10. The van der Waals surface area contributed by atoms with Crippen molar-refractivity contribution in [3.63, 3.8) is 0 Å². The van der Waals surface area contributed by atoms with Crippen LogP contribution in [-0.2, 0) is 29.4 Å². The van der Waals surface area contributed by atoms with Gasteiger partial charge >= 0.3 is 0 Å². The Morgan fingerprint density at radius 3 is 2.52 bits per heavy atom. The Kier molecular flexibility index (Phi) is 7.73. The molecule has 0 aliphatic heterocycles. The van der Waals surface area contributed by atoms with Crippen LogP contribution in [-0.4, -0.2) is 47.1 Å². The Bertz CT molecular complexity index is 1100. The minimum atomic E-state index is -3.32. The molecule has 0 aliphatic rings. The molecule has 0 amide bonds. The maximum Gasteiger partial charge on any atom is 0.211 e. The standard InChI is InChI=1S/C23H28N4O3S/c1-31(29,30)27(15-3-13-24)17-19-4-2-5-20(16-19)22-12-14-25-23(26-22)11-8-18-6-9-21(28)10-7-18/h2,4-7,9-10,12,14,16,28H,3,8,11,13,15,17,24H2,1H3. The Hall–Kier alpha value is -2.81. The smallest absolute Gasteiger partial charge is 0.211 e. The van der Waals surface area contributed by atoms with Crippen LogP contribution >= 0.6 is 0 Å². The van der Waals surface area contributed by atoms with Gasteiger partial charge < -0.3 is 10.8 Å². The summed E-state index contributed by atoms with van der Waals surface area (Å²) in [5.41, 5.74) is 9.26. The molecular weight excluding hydrogens is 412 g/mol. The lowest BCUT2D eigenvalue weighted by atomic mass is 10.1. The van der Waals surface area contributed by atoms with Crippen molar-refractivity contribution in [1.29, 1.82) is 0 Å². The van der Waals surface area contributed by atoms with E-state index >= 15 is 0 Å². The van der Waals surface area contributed by atoms with Crippen LogP contribution in [0.3, 0.4) is 0 Å². The molecule has 0 bridgehead atoms. The van der Waals surface area contributed by atoms with Crippen molar-refractivity contribution < 1.29 is 13.5 Å². The van der Waals surface area contributed by atoms with Crippen LogP contribution in [0.15, 0.2) is 60.8 Å². The molecule has 0 spiro atoms. The molecule has 0 atom stereocenters. The van der Waals surface area contributed by atoms with Gasteiger partial charge in [-0.3, -0.25) is 0 Å². The van der Waals surface area contributed by atoms with Crippen molar-refractivity contribution in [3.8, 4) is 17.0 Å². The first-order valence-electron chi connectivity index (χ1n) is 10.2. The van der Waals surface area contributed by atoms with Crippen molar-refractivity contribution in [1.82, 2.24) is 14.3 Å². The number of benzene rings is 2. The summed E-state index contributed by atoms with van der Waals surface area (Å²) in [6.45, 7) is 1.14. The fourth-order valence-electron chi connectivity index (χ4n) is 3.26. The van der Waals surface area contributed by atoms with Gasteiger partial charge in [-0.1, -0.05) is 30.3 Å². The van der Waals surface area contributed by atoms with Gasteiger partial charge in [0.15, 0.2) is 0 Å². The number of nitrogens with zero attached hydrogens (tertiary/aromatic N) is 3. The van der Waals surface area contributed by atoms with Gasteiger partial charge in [0.2, 0.25) is 10.0 Å². The van der Waals surface area contributed by atoms with Crippen molar-refractivity contribution in [2.45, 2.75) is 25.8 Å². The Labute approximate surface area is 183 Å². The van der Waals surface area contributed by atoms with E-state index in [0.29, 0.717) is 32.5 Å². The van der Waals surface area contributed by atoms with E-state index in [1.807, 2.05) is 42.5 Å². The van der Waals surface area contributed by atoms with Crippen molar-refractivity contribution in [2.24, 2.45) is 5.73 Å². The third-order valence-electron chi connectivity index (χ3n) is 4.94. The van der Waals surface area contributed by atoms with Crippen LogP contribution in [0.25, 0.3) is 11.3 Å². The summed E-state index contributed by atoms with van der Waals surface area (Å²) in [5, 5.41) is 9.40. The van der Waals surface area contributed by atoms with E-state index in [1.54, 1.807) is 18.3 Å². The maximum atomic E-state index is 12.1. The van der Waals surface area contributed by atoms with Gasteiger partial charge in [-0.25, -0.2) is 18.4 Å². The second-order valence-corrected chi connectivity index (χ2v) is 9.45. The van der Waals surface area contributed by atoms with E-state index in [0.717, 1.165) is 34.6 Å². The SMILES string of the molecule is CS(=O)(=O)N(CCCN)Cc1cccc(-c2ccnc(CCc3ccc(O)cc3)n2)c1. The number of nitrogens with two attached hydrogens (primary N) is 1. The molecule has 31 heavy (non-hydrogen) atoms. The van der Waals surface area contributed by atoms with Gasteiger partial charge in [0.25, 0.3) is 0 Å². The summed E-state index contributed by atoms with van der Waals surface area (Å²) in [5.74, 6) is 0.982. The second kappa shape index (κ2) is 10.5. The van der Waals surface area contributed by atoms with Crippen molar-refractivity contribution in [2.75, 3.05) is 19.3 Å². The van der Waals surface area contributed by atoms with Crippen LogP contribution in [0.1, 0.15) is 23.4 Å². The van der Waals surface area contributed by atoms with Crippen LogP contribution in [0.2, 0.25) is 0 Å². The number of aromatic hydroxyl groups is 1. The molecule has 0 aliphatic carbocycles. The topological polar surface area (TPSA) is 109 Å². The number of aromatic nitrogens is 2. The number of hydrogen-bond donors (Lipinski definition) is 2. The number of sulfonamides is 1. The van der Waals surface area contributed by atoms with Gasteiger partial charge in [0.1, 0.15) is 11.6 Å². The predicted molar refractivity (Wildman–Crippen MR) is 122 cm³/mol. The first-order valence-corrected chi connectivity index (χ1v) is 12.0. The summed E-state index contributed by atoms with van der Waals surface area (Å²) >= 11 is 0. The van der Waals surface area contributed by atoms with Crippen LogP contribution in [0.5, 0.6) is 5.75 Å². The molecule has 3 aromatic rings. The summed E-state index contributed by atoms with van der Waals surface area (Å²) in [6, 6.07) is 16.7. The van der Waals surface area contributed by atoms with Crippen LogP contribution in [0.4, 0.5) is 0 Å².